The molecule has 1 aromatic heterocycles. The molecular weight excluding hydrogens is 192 g/mol. The Labute approximate surface area is 86.9 Å². The molecule has 0 aliphatic heterocycles. The fourth-order valence-electron chi connectivity index (χ4n) is 1.60. The number of nitrogens with zero attached hydrogens (tertiary/aromatic N) is 1. The number of aromatic carboxylic acids is 1. The first-order valence-corrected chi connectivity index (χ1v) is 4.81. The Morgan fingerprint density at radius 3 is 2.80 bits per heavy atom. The minimum atomic E-state index is -0.909. The Hall–Kier alpha value is -1.84. The Morgan fingerprint density at radius 2 is 2.20 bits per heavy atom. The van der Waals surface area contributed by atoms with Crippen LogP contribution in [0.3, 0.4) is 0 Å². The molecule has 0 aliphatic carbocycles. The van der Waals surface area contributed by atoms with Crippen molar-refractivity contribution in [3.8, 4) is 0 Å². The van der Waals surface area contributed by atoms with Gasteiger partial charge in [0, 0.05) is 11.1 Å². The highest BCUT2D eigenvalue weighted by molar-refractivity contribution is 5.94. The number of fused-ring (bicyclic) bond motifs is 1. The lowest BCUT2D eigenvalue weighted by Gasteiger charge is -2.01. The summed E-state index contributed by atoms with van der Waals surface area (Å²) in [5, 5.41) is 16.8. The topological polar surface area (TPSA) is 66.0 Å². The molecule has 0 saturated heterocycles. The SMILES string of the molecule is CC(C)c1[nH]nc2ccc(C(=O)O)cc12. The summed E-state index contributed by atoms with van der Waals surface area (Å²) < 4.78 is 0. The van der Waals surface area contributed by atoms with E-state index in [1.807, 2.05) is 13.8 Å². The Balaban J connectivity index is 2.66. The van der Waals surface area contributed by atoms with E-state index in [4.69, 9.17) is 5.11 Å². The zero-order valence-corrected chi connectivity index (χ0v) is 8.61. The van der Waals surface area contributed by atoms with E-state index in [9.17, 15) is 4.79 Å². The van der Waals surface area contributed by atoms with Crippen LogP contribution in [0.1, 0.15) is 35.8 Å². The molecule has 4 nitrogen and oxygen atoms in total. The molecule has 0 spiro atoms. The summed E-state index contributed by atoms with van der Waals surface area (Å²) in [6.07, 6.45) is 0. The fourth-order valence-corrected chi connectivity index (χ4v) is 1.60. The fraction of sp³-hybridized carbons (Fsp3) is 0.273. The van der Waals surface area contributed by atoms with Gasteiger partial charge in [-0.15, -0.1) is 0 Å². The molecule has 4 heteroatoms. The first-order chi connectivity index (χ1) is 7.09. The third kappa shape index (κ3) is 1.58. The van der Waals surface area contributed by atoms with Crippen LogP contribution in [-0.2, 0) is 0 Å². The number of carbonyl (C=O) groups is 1. The van der Waals surface area contributed by atoms with Gasteiger partial charge in [-0.05, 0) is 24.1 Å². The van der Waals surface area contributed by atoms with Crippen LogP contribution in [0.25, 0.3) is 10.9 Å². The molecule has 0 atom stereocenters. The lowest BCUT2D eigenvalue weighted by molar-refractivity contribution is 0.0697. The van der Waals surface area contributed by atoms with Crippen LogP contribution in [0, 0.1) is 0 Å². The van der Waals surface area contributed by atoms with Crippen LogP contribution in [0.15, 0.2) is 18.2 Å². The molecule has 1 heterocycles. The molecule has 2 aromatic rings. The lowest BCUT2D eigenvalue weighted by atomic mass is 10.0. The number of hydrogen-bond acceptors (Lipinski definition) is 2. The molecule has 0 fully saturated rings. The number of aromatic nitrogens is 2. The number of aromatic amines is 1. The van der Waals surface area contributed by atoms with Crippen molar-refractivity contribution in [2.24, 2.45) is 0 Å². The maximum atomic E-state index is 10.8. The molecular formula is C11H12N2O2. The summed E-state index contributed by atoms with van der Waals surface area (Å²) >= 11 is 0. The standard InChI is InChI=1S/C11H12N2O2/c1-6(2)10-8-5-7(11(14)15)3-4-9(8)12-13-10/h3-6H,1-2H3,(H,12,13)(H,14,15). The predicted molar refractivity (Wildman–Crippen MR) is 57.1 cm³/mol. The van der Waals surface area contributed by atoms with Crippen molar-refractivity contribution < 1.29 is 9.90 Å². The average Bonchev–Trinajstić information content (AvgIpc) is 2.59. The van der Waals surface area contributed by atoms with Crippen LogP contribution in [0.2, 0.25) is 0 Å². The van der Waals surface area contributed by atoms with Crippen molar-refractivity contribution in [2.75, 3.05) is 0 Å². The van der Waals surface area contributed by atoms with Gasteiger partial charge in [-0.1, -0.05) is 13.8 Å². The number of H-pyrrole nitrogens is 1. The summed E-state index contributed by atoms with van der Waals surface area (Å²) in [4.78, 5) is 10.8. The molecule has 0 amide bonds. The minimum Gasteiger partial charge on any atom is -0.478 e. The van der Waals surface area contributed by atoms with Gasteiger partial charge in [0.1, 0.15) is 0 Å². The number of carboxylic acids is 1. The third-order valence-electron chi connectivity index (χ3n) is 2.41. The first-order valence-electron chi connectivity index (χ1n) is 4.81. The van der Waals surface area contributed by atoms with E-state index >= 15 is 0 Å². The van der Waals surface area contributed by atoms with E-state index in [2.05, 4.69) is 10.2 Å². The minimum absolute atomic E-state index is 0.297. The summed E-state index contributed by atoms with van der Waals surface area (Å²) in [6.45, 7) is 4.08. The van der Waals surface area contributed by atoms with Gasteiger partial charge in [-0.2, -0.15) is 5.10 Å². The molecule has 2 rings (SSSR count). The van der Waals surface area contributed by atoms with Gasteiger partial charge in [0.2, 0.25) is 0 Å². The molecule has 78 valence electrons. The van der Waals surface area contributed by atoms with Crippen LogP contribution in [-0.4, -0.2) is 21.3 Å². The van der Waals surface area contributed by atoms with Gasteiger partial charge in [0.05, 0.1) is 11.1 Å². The van der Waals surface area contributed by atoms with Crippen molar-refractivity contribution in [2.45, 2.75) is 19.8 Å². The van der Waals surface area contributed by atoms with Gasteiger partial charge in [-0.3, -0.25) is 5.10 Å². The average molecular weight is 204 g/mol. The summed E-state index contributed by atoms with van der Waals surface area (Å²) in [7, 11) is 0. The molecule has 15 heavy (non-hydrogen) atoms. The van der Waals surface area contributed by atoms with Gasteiger partial charge in [0.25, 0.3) is 0 Å². The lowest BCUT2D eigenvalue weighted by Crippen LogP contribution is -1.95. The zero-order chi connectivity index (χ0) is 11.0. The van der Waals surface area contributed by atoms with Gasteiger partial charge >= 0.3 is 5.97 Å². The Bertz CT molecular complexity index is 514. The van der Waals surface area contributed by atoms with Crippen LogP contribution in [0.5, 0.6) is 0 Å². The quantitative estimate of drug-likeness (QED) is 0.789. The van der Waals surface area contributed by atoms with Crippen molar-refractivity contribution in [1.82, 2.24) is 10.2 Å². The number of nitrogens with one attached hydrogen (secondary N) is 1. The van der Waals surface area contributed by atoms with E-state index in [0.717, 1.165) is 16.6 Å². The maximum Gasteiger partial charge on any atom is 0.335 e. The predicted octanol–water partition coefficient (Wildman–Crippen LogP) is 2.38. The highest BCUT2D eigenvalue weighted by Gasteiger charge is 2.11. The third-order valence-corrected chi connectivity index (χ3v) is 2.41. The molecule has 1 aromatic carbocycles. The number of rotatable bonds is 2. The first kappa shape index (κ1) is 9.71. The summed E-state index contributed by atoms with van der Waals surface area (Å²) in [5.74, 6) is -0.605. The van der Waals surface area contributed by atoms with Gasteiger partial charge < -0.3 is 5.11 Å². The number of carboxylic acid groups (broad SMARTS) is 1. The molecule has 2 N–H and O–H groups in total. The normalized spacial score (nSPS) is 11.1. The Kier molecular flexibility index (Phi) is 2.19. The van der Waals surface area contributed by atoms with E-state index in [1.54, 1.807) is 18.2 Å². The smallest absolute Gasteiger partial charge is 0.335 e. The van der Waals surface area contributed by atoms with E-state index in [-0.39, 0.29) is 0 Å². The number of hydrogen-bond donors (Lipinski definition) is 2. The molecule has 0 radical (unpaired) electrons. The van der Waals surface area contributed by atoms with Crippen molar-refractivity contribution in [3.63, 3.8) is 0 Å². The van der Waals surface area contributed by atoms with Crippen molar-refractivity contribution in [1.29, 1.82) is 0 Å². The molecule has 0 unspecified atom stereocenters. The highest BCUT2D eigenvalue weighted by atomic mass is 16.4. The molecule has 0 saturated carbocycles. The van der Waals surface area contributed by atoms with Crippen molar-refractivity contribution in [3.05, 3.63) is 29.5 Å². The molecule has 0 aliphatic rings. The monoisotopic (exact) mass is 204 g/mol. The Morgan fingerprint density at radius 1 is 1.47 bits per heavy atom. The van der Waals surface area contributed by atoms with Gasteiger partial charge in [-0.25, -0.2) is 4.79 Å². The van der Waals surface area contributed by atoms with Crippen LogP contribution in [0.4, 0.5) is 0 Å². The highest BCUT2D eigenvalue weighted by Crippen LogP contribution is 2.23. The van der Waals surface area contributed by atoms with E-state index < -0.39 is 5.97 Å². The van der Waals surface area contributed by atoms with Gasteiger partial charge in [0.15, 0.2) is 0 Å². The second kappa shape index (κ2) is 3.38. The summed E-state index contributed by atoms with van der Waals surface area (Å²) in [5.41, 5.74) is 2.09. The number of benzene rings is 1. The molecule has 0 bridgehead atoms. The largest absolute Gasteiger partial charge is 0.478 e. The van der Waals surface area contributed by atoms with Crippen LogP contribution < -0.4 is 0 Å². The van der Waals surface area contributed by atoms with Crippen LogP contribution >= 0.6 is 0 Å². The van der Waals surface area contributed by atoms with Crippen molar-refractivity contribution >= 4 is 16.9 Å². The van der Waals surface area contributed by atoms with E-state index in [1.165, 1.54) is 0 Å². The summed E-state index contributed by atoms with van der Waals surface area (Å²) in [6, 6.07) is 4.95. The van der Waals surface area contributed by atoms with E-state index in [0.29, 0.717) is 11.5 Å². The maximum absolute atomic E-state index is 10.8. The second-order valence-electron chi connectivity index (χ2n) is 3.83. The zero-order valence-electron chi connectivity index (χ0n) is 8.61. The second-order valence-corrected chi connectivity index (χ2v) is 3.83.